The number of rotatable bonds is 5. The minimum Gasteiger partial charge on any atom is -0.382 e. The molecule has 1 aromatic rings. The molecule has 0 radical (unpaired) electrons. The van der Waals surface area contributed by atoms with Gasteiger partial charge in [-0.15, -0.1) is 0 Å². The fourth-order valence-corrected chi connectivity index (χ4v) is 1.82. The average molecular weight is 317 g/mol. The highest BCUT2D eigenvalue weighted by Gasteiger charge is 2.18. The van der Waals surface area contributed by atoms with E-state index in [0.717, 1.165) is 12.5 Å². The van der Waals surface area contributed by atoms with Gasteiger partial charge >= 0.3 is 0 Å². The summed E-state index contributed by atoms with van der Waals surface area (Å²) in [5, 5.41) is 11.5. The second-order valence-electron chi connectivity index (χ2n) is 4.92. The standard InChI is InChI=1S/C13H15BrF2N2/c1-13(2,4-3-5-17)8-18-12-6-9(14)10(15)7-11(12)16/h6-7,18H,3-4,8H2,1-2H3. The van der Waals surface area contributed by atoms with Crippen molar-refractivity contribution in [1.82, 2.24) is 0 Å². The summed E-state index contributed by atoms with van der Waals surface area (Å²) in [6.45, 7) is 4.51. The molecule has 0 fully saturated rings. The van der Waals surface area contributed by atoms with Gasteiger partial charge in [0.05, 0.1) is 16.2 Å². The summed E-state index contributed by atoms with van der Waals surface area (Å²) in [5.41, 5.74) is 0.136. The number of hydrogen-bond acceptors (Lipinski definition) is 2. The molecular formula is C13H15BrF2N2. The third-order valence-corrected chi connectivity index (χ3v) is 3.29. The van der Waals surface area contributed by atoms with Crippen LogP contribution in [0, 0.1) is 28.4 Å². The lowest BCUT2D eigenvalue weighted by molar-refractivity contribution is 0.363. The quantitative estimate of drug-likeness (QED) is 0.813. The second-order valence-corrected chi connectivity index (χ2v) is 5.78. The molecule has 18 heavy (non-hydrogen) atoms. The summed E-state index contributed by atoms with van der Waals surface area (Å²) in [6.07, 6.45) is 1.19. The summed E-state index contributed by atoms with van der Waals surface area (Å²) in [5.74, 6) is -1.24. The summed E-state index contributed by atoms with van der Waals surface area (Å²) < 4.78 is 26.8. The molecule has 98 valence electrons. The summed E-state index contributed by atoms with van der Waals surface area (Å²) in [4.78, 5) is 0. The highest BCUT2D eigenvalue weighted by molar-refractivity contribution is 9.10. The zero-order chi connectivity index (χ0) is 13.8. The van der Waals surface area contributed by atoms with E-state index in [2.05, 4.69) is 27.3 Å². The lowest BCUT2D eigenvalue weighted by atomic mass is 9.88. The molecule has 2 nitrogen and oxygen atoms in total. The fourth-order valence-electron chi connectivity index (χ4n) is 1.48. The molecule has 0 amide bonds. The van der Waals surface area contributed by atoms with Gasteiger partial charge in [-0.1, -0.05) is 13.8 Å². The Labute approximate surface area is 114 Å². The highest BCUT2D eigenvalue weighted by atomic mass is 79.9. The van der Waals surface area contributed by atoms with Crippen molar-refractivity contribution in [2.24, 2.45) is 5.41 Å². The monoisotopic (exact) mass is 316 g/mol. The Bertz CT molecular complexity index is 467. The van der Waals surface area contributed by atoms with Crippen molar-refractivity contribution < 1.29 is 8.78 Å². The van der Waals surface area contributed by atoms with Crippen LogP contribution >= 0.6 is 15.9 Å². The average Bonchev–Trinajstić information content (AvgIpc) is 2.30. The molecule has 0 atom stereocenters. The zero-order valence-electron chi connectivity index (χ0n) is 10.4. The van der Waals surface area contributed by atoms with Gasteiger partial charge in [-0.05, 0) is 33.8 Å². The molecule has 0 aliphatic heterocycles. The van der Waals surface area contributed by atoms with Crippen LogP contribution in [0.25, 0.3) is 0 Å². The van der Waals surface area contributed by atoms with Crippen LogP contribution in [-0.4, -0.2) is 6.54 Å². The number of halogens is 3. The third-order valence-electron chi connectivity index (χ3n) is 2.68. The van der Waals surface area contributed by atoms with E-state index in [9.17, 15) is 8.78 Å². The van der Waals surface area contributed by atoms with Gasteiger partial charge < -0.3 is 5.32 Å². The van der Waals surface area contributed by atoms with E-state index >= 15 is 0 Å². The van der Waals surface area contributed by atoms with Crippen molar-refractivity contribution in [1.29, 1.82) is 5.26 Å². The summed E-state index contributed by atoms with van der Waals surface area (Å²) >= 11 is 3.02. The fraction of sp³-hybridized carbons (Fsp3) is 0.462. The van der Waals surface area contributed by atoms with Crippen LogP contribution in [0.5, 0.6) is 0 Å². The number of nitrogens with zero attached hydrogens (tertiary/aromatic N) is 1. The van der Waals surface area contributed by atoms with Crippen molar-refractivity contribution in [2.45, 2.75) is 26.7 Å². The Morgan fingerprint density at radius 3 is 2.61 bits per heavy atom. The molecule has 1 rings (SSSR count). The Morgan fingerprint density at radius 1 is 1.33 bits per heavy atom. The van der Waals surface area contributed by atoms with Gasteiger partial charge in [0.25, 0.3) is 0 Å². The van der Waals surface area contributed by atoms with Crippen LogP contribution in [-0.2, 0) is 0 Å². The van der Waals surface area contributed by atoms with Gasteiger partial charge in [0.15, 0.2) is 0 Å². The first-order chi connectivity index (χ1) is 8.35. The van der Waals surface area contributed by atoms with Crippen LogP contribution in [0.3, 0.4) is 0 Å². The first-order valence-corrected chi connectivity index (χ1v) is 6.40. The lowest BCUT2D eigenvalue weighted by Crippen LogP contribution is -2.23. The lowest BCUT2D eigenvalue weighted by Gasteiger charge is -2.24. The van der Waals surface area contributed by atoms with Crippen molar-refractivity contribution in [3.8, 4) is 6.07 Å². The van der Waals surface area contributed by atoms with E-state index < -0.39 is 11.6 Å². The van der Waals surface area contributed by atoms with Crippen molar-refractivity contribution in [3.05, 3.63) is 28.2 Å². The normalized spacial score (nSPS) is 11.1. The molecule has 0 aliphatic carbocycles. The maximum Gasteiger partial charge on any atom is 0.149 e. The van der Waals surface area contributed by atoms with E-state index in [1.165, 1.54) is 6.07 Å². The number of nitrogens with one attached hydrogen (secondary N) is 1. The topological polar surface area (TPSA) is 35.8 Å². The van der Waals surface area contributed by atoms with Gasteiger partial charge in [0.2, 0.25) is 0 Å². The number of hydrogen-bond donors (Lipinski definition) is 1. The molecule has 1 N–H and O–H groups in total. The van der Waals surface area contributed by atoms with Gasteiger partial charge in [-0.25, -0.2) is 8.78 Å². The maximum absolute atomic E-state index is 13.5. The molecule has 5 heteroatoms. The second kappa shape index (κ2) is 6.14. The number of nitriles is 1. The molecule has 0 unspecified atom stereocenters. The summed E-state index contributed by atoms with van der Waals surface area (Å²) in [6, 6.07) is 4.31. The molecule has 0 bridgehead atoms. The third kappa shape index (κ3) is 4.26. The predicted molar refractivity (Wildman–Crippen MR) is 71.2 cm³/mol. The smallest absolute Gasteiger partial charge is 0.149 e. The van der Waals surface area contributed by atoms with Crippen molar-refractivity contribution >= 4 is 21.6 Å². The van der Waals surface area contributed by atoms with Crippen LogP contribution in [0.15, 0.2) is 16.6 Å². The van der Waals surface area contributed by atoms with Gasteiger partial charge in [-0.3, -0.25) is 0 Å². The van der Waals surface area contributed by atoms with Crippen LogP contribution in [0.4, 0.5) is 14.5 Å². The van der Waals surface area contributed by atoms with E-state index in [1.54, 1.807) is 0 Å². The van der Waals surface area contributed by atoms with Crippen molar-refractivity contribution in [3.63, 3.8) is 0 Å². The number of benzene rings is 1. The first kappa shape index (κ1) is 14.9. The molecule has 0 aliphatic rings. The van der Waals surface area contributed by atoms with Gasteiger partial charge in [0, 0.05) is 19.0 Å². The van der Waals surface area contributed by atoms with E-state index in [-0.39, 0.29) is 15.6 Å². The molecule has 0 spiro atoms. The Morgan fingerprint density at radius 2 is 2.00 bits per heavy atom. The summed E-state index contributed by atoms with van der Waals surface area (Å²) in [7, 11) is 0. The highest BCUT2D eigenvalue weighted by Crippen LogP contribution is 2.27. The Hall–Kier alpha value is -1.15. The van der Waals surface area contributed by atoms with E-state index in [0.29, 0.717) is 13.0 Å². The van der Waals surface area contributed by atoms with Gasteiger partial charge in [0.1, 0.15) is 11.6 Å². The molecular weight excluding hydrogens is 302 g/mol. The van der Waals surface area contributed by atoms with Crippen LogP contribution in [0.1, 0.15) is 26.7 Å². The Kier molecular flexibility index (Phi) is 5.09. The molecule has 0 saturated carbocycles. The van der Waals surface area contributed by atoms with Crippen LogP contribution in [0.2, 0.25) is 0 Å². The van der Waals surface area contributed by atoms with E-state index in [1.807, 2.05) is 13.8 Å². The number of anilines is 1. The zero-order valence-corrected chi connectivity index (χ0v) is 11.9. The van der Waals surface area contributed by atoms with Gasteiger partial charge in [-0.2, -0.15) is 5.26 Å². The van der Waals surface area contributed by atoms with Crippen molar-refractivity contribution in [2.75, 3.05) is 11.9 Å². The first-order valence-electron chi connectivity index (χ1n) is 5.61. The molecule has 0 saturated heterocycles. The van der Waals surface area contributed by atoms with E-state index in [4.69, 9.17) is 5.26 Å². The minimum atomic E-state index is -0.623. The molecule has 0 heterocycles. The minimum absolute atomic E-state index is 0.122. The SMILES string of the molecule is CC(C)(CCC#N)CNc1cc(Br)c(F)cc1F. The van der Waals surface area contributed by atoms with Crippen LogP contribution < -0.4 is 5.32 Å². The molecule has 0 aromatic heterocycles. The maximum atomic E-state index is 13.5. The predicted octanol–water partition coefficient (Wildman–Crippen LogP) is 4.47. The molecule has 1 aromatic carbocycles. The largest absolute Gasteiger partial charge is 0.382 e. The Balaban J connectivity index is 2.69.